The molecule has 2 aromatic rings. The van der Waals surface area contributed by atoms with E-state index in [-0.39, 0.29) is 15.7 Å². The summed E-state index contributed by atoms with van der Waals surface area (Å²) in [5.41, 5.74) is 0.611. The highest BCUT2D eigenvalue weighted by Crippen LogP contribution is 2.14. The third kappa shape index (κ3) is 2.26. The van der Waals surface area contributed by atoms with E-state index in [1.807, 2.05) is 0 Å². The summed E-state index contributed by atoms with van der Waals surface area (Å²) in [5.74, 6) is 0.489. The van der Waals surface area contributed by atoms with Crippen molar-refractivity contribution in [1.29, 1.82) is 0 Å². The van der Waals surface area contributed by atoms with Gasteiger partial charge in [-0.05, 0) is 35.6 Å². The van der Waals surface area contributed by atoms with E-state index in [2.05, 4.69) is 5.10 Å². The Balaban J connectivity index is 2.45. The number of ether oxygens (including phenoxy) is 1. The number of aromatic nitrogens is 2. The van der Waals surface area contributed by atoms with Gasteiger partial charge >= 0.3 is 4.87 Å². The summed E-state index contributed by atoms with van der Waals surface area (Å²) < 4.78 is 6.23. The lowest BCUT2D eigenvalue weighted by Crippen LogP contribution is -2.12. The first-order valence-electron chi connectivity index (χ1n) is 4.87. The maximum Gasteiger partial charge on any atom is 0.330 e. The molecular weight excluding hydrogens is 240 g/mol. The van der Waals surface area contributed by atoms with Gasteiger partial charge in [0.05, 0.1) is 12.8 Å². The van der Waals surface area contributed by atoms with Gasteiger partial charge < -0.3 is 4.74 Å². The van der Waals surface area contributed by atoms with E-state index < -0.39 is 0 Å². The van der Waals surface area contributed by atoms with Gasteiger partial charge in [-0.25, -0.2) is 0 Å². The van der Waals surface area contributed by atoms with Gasteiger partial charge in [0.15, 0.2) is 10.8 Å². The molecule has 0 saturated carbocycles. The second-order valence-electron chi connectivity index (χ2n) is 3.34. The molecule has 1 heterocycles. The number of carbonyl (C=O) groups excluding carboxylic acids is 1. The number of carbonyl (C=O) groups is 1. The molecule has 0 bridgehead atoms. The van der Waals surface area contributed by atoms with Gasteiger partial charge in [0.1, 0.15) is 5.75 Å². The van der Waals surface area contributed by atoms with Gasteiger partial charge in [0, 0.05) is 6.92 Å². The maximum absolute atomic E-state index is 11.6. The van der Waals surface area contributed by atoms with Crippen molar-refractivity contribution < 1.29 is 9.53 Å². The Morgan fingerprint density at radius 1 is 1.35 bits per heavy atom. The van der Waals surface area contributed by atoms with Crippen molar-refractivity contribution in [3.63, 3.8) is 0 Å². The monoisotopic (exact) mass is 250 g/mol. The number of benzene rings is 1. The van der Waals surface area contributed by atoms with Gasteiger partial charge in [-0.3, -0.25) is 9.59 Å². The Kier molecular flexibility index (Phi) is 3.06. The molecule has 17 heavy (non-hydrogen) atoms. The Hall–Kier alpha value is -1.95. The molecule has 0 aliphatic rings. The van der Waals surface area contributed by atoms with Crippen molar-refractivity contribution in [2.24, 2.45) is 0 Å². The van der Waals surface area contributed by atoms with E-state index in [1.54, 1.807) is 31.4 Å². The lowest BCUT2D eigenvalue weighted by molar-refractivity contribution is 0.101. The standard InChI is InChI=1S/C11H10N2O3S/c1-7(14)10-12-13(11(15)17-10)8-3-5-9(16-2)6-4-8/h3-6H,1-2H3. The van der Waals surface area contributed by atoms with Gasteiger partial charge in [-0.15, -0.1) is 5.10 Å². The van der Waals surface area contributed by atoms with E-state index in [4.69, 9.17) is 4.74 Å². The van der Waals surface area contributed by atoms with Crippen LogP contribution in [0.1, 0.15) is 16.7 Å². The molecule has 1 aromatic carbocycles. The van der Waals surface area contributed by atoms with E-state index in [9.17, 15) is 9.59 Å². The fourth-order valence-corrected chi connectivity index (χ4v) is 1.97. The predicted molar refractivity (Wildman–Crippen MR) is 64.3 cm³/mol. The highest BCUT2D eigenvalue weighted by molar-refractivity contribution is 7.11. The first-order valence-corrected chi connectivity index (χ1v) is 5.69. The van der Waals surface area contributed by atoms with Crippen molar-refractivity contribution in [2.75, 3.05) is 7.11 Å². The molecule has 0 saturated heterocycles. The summed E-state index contributed by atoms with van der Waals surface area (Å²) in [6.07, 6.45) is 0. The molecule has 0 atom stereocenters. The lowest BCUT2D eigenvalue weighted by Gasteiger charge is -2.01. The number of nitrogens with zero attached hydrogens (tertiary/aromatic N) is 2. The summed E-state index contributed by atoms with van der Waals surface area (Å²) in [4.78, 5) is 22.5. The van der Waals surface area contributed by atoms with Crippen LogP contribution in [0.5, 0.6) is 5.75 Å². The first kappa shape index (κ1) is 11.5. The third-order valence-electron chi connectivity index (χ3n) is 2.17. The van der Waals surface area contributed by atoms with Crippen LogP contribution in [0.2, 0.25) is 0 Å². The second kappa shape index (κ2) is 4.50. The molecule has 0 unspecified atom stereocenters. The van der Waals surface area contributed by atoms with Crippen molar-refractivity contribution in [2.45, 2.75) is 6.92 Å². The molecule has 0 fully saturated rings. The van der Waals surface area contributed by atoms with Gasteiger partial charge in [0.2, 0.25) is 0 Å². The van der Waals surface area contributed by atoms with Crippen molar-refractivity contribution in [1.82, 2.24) is 9.78 Å². The predicted octanol–water partition coefficient (Wildman–Crippen LogP) is 1.51. The maximum atomic E-state index is 11.6. The molecule has 88 valence electrons. The number of hydrogen-bond acceptors (Lipinski definition) is 5. The average Bonchev–Trinajstić information content (AvgIpc) is 2.72. The highest BCUT2D eigenvalue weighted by Gasteiger charge is 2.11. The molecule has 0 amide bonds. The molecular formula is C11H10N2O3S. The lowest BCUT2D eigenvalue weighted by atomic mass is 10.3. The smallest absolute Gasteiger partial charge is 0.330 e. The summed E-state index contributed by atoms with van der Waals surface area (Å²) in [6, 6.07) is 6.89. The van der Waals surface area contributed by atoms with Crippen LogP contribution in [0.25, 0.3) is 5.69 Å². The third-order valence-corrected chi connectivity index (χ3v) is 3.08. The molecule has 0 radical (unpaired) electrons. The van der Waals surface area contributed by atoms with Gasteiger partial charge in [0.25, 0.3) is 0 Å². The summed E-state index contributed by atoms with van der Waals surface area (Å²) >= 11 is 0.843. The van der Waals surface area contributed by atoms with Crippen LogP contribution in [-0.2, 0) is 0 Å². The molecule has 6 heteroatoms. The second-order valence-corrected chi connectivity index (χ2v) is 4.28. The van der Waals surface area contributed by atoms with Crippen LogP contribution in [0.4, 0.5) is 0 Å². The zero-order valence-corrected chi connectivity index (χ0v) is 10.2. The summed E-state index contributed by atoms with van der Waals surface area (Å²) in [6.45, 7) is 1.39. The van der Waals surface area contributed by atoms with E-state index in [1.165, 1.54) is 11.6 Å². The molecule has 0 spiro atoms. The minimum absolute atomic E-state index is 0.209. The fraction of sp³-hybridized carbons (Fsp3) is 0.182. The van der Waals surface area contributed by atoms with Crippen molar-refractivity contribution in [3.8, 4) is 11.4 Å². The van der Waals surface area contributed by atoms with Crippen LogP contribution in [0.15, 0.2) is 29.1 Å². The van der Waals surface area contributed by atoms with Crippen LogP contribution in [-0.4, -0.2) is 22.7 Å². The Morgan fingerprint density at radius 2 is 2.00 bits per heavy atom. The molecule has 1 aromatic heterocycles. The minimum Gasteiger partial charge on any atom is -0.497 e. The summed E-state index contributed by atoms with van der Waals surface area (Å²) in [5, 5.41) is 4.18. The molecule has 5 nitrogen and oxygen atoms in total. The first-order chi connectivity index (χ1) is 8.11. The van der Waals surface area contributed by atoms with Crippen molar-refractivity contribution in [3.05, 3.63) is 38.9 Å². The normalized spacial score (nSPS) is 10.2. The number of methoxy groups -OCH3 is 1. The van der Waals surface area contributed by atoms with Crippen LogP contribution in [0.3, 0.4) is 0 Å². The number of ketones is 1. The van der Waals surface area contributed by atoms with Gasteiger partial charge in [-0.2, -0.15) is 4.68 Å². The quantitative estimate of drug-likeness (QED) is 0.775. The zero-order valence-electron chi connectivity index (χ0n) is 9.34. The number of rotatable bonds is 3. The molecule has 2 rings (SSSR count). The van der Waals surface area contributed by atoms with E-state index in [0.29, 0.717) is 11.4 Å². The van der Waals surface area contributed by atoms with Crippen LogP contribution >= 0.6 is 11.3 Å². The fourth-order valence-electron chi connectivity index (χ4n) is 1.31. The van der Waals surface area contributed by atoms with Crippen LogP contribution in [0, 0.1) is 0 Å². The number of hydrogen-bond donors (Lipinski definition) is 0. The molecule has 0 aliphatic heterocycles. The Morgan fingerprint density at radius 3 is 2.47 bits per heavy atom. The topological polar surface area (TPSA) is 61.2 Å². The Labute approximate surface area is 101 Å². The Bertz CT molecular complexity index is 598. The van der Waals surface area contributed by atoms with Gasteiger partial charge in [-0.1, -0.05) is 0 Å². The number of Topliss-reactive ketones (excluding diaryl/α,β-unsaturated/α-hetero) is 1. The molecule has 0 N–H and O–H groups in total. The van der Waals surface area contributed by atoms with Crippen molar-refractivity contribution >= 4 is 17.1 Å². The van der Waals surface area contributed by atoms with E-state index in [0.717, 1.165) is 11.3 Å². The zero-order chi connectivity index (χ0) is 12.4. The minimum atomic E-state index is -0.277. The average molecular weight is 250 g/mol. The SMILES string of the molecule is COc1ccc(-n2nc(C(C)=O)sc2=O)cc1. The van der Waals surface area contributed by atoms with E-state index >= 15 is 0 Å². The molecule has 0 aliphatic carbocycles. The largest absolute Gasteiger partial charge is 0.497 e. The highest BCUT2D eigenvalue weighted by atomic mass is 32.1. The van der Waals surface area contributed by atoms with Crippen LogP contribution < -0.4 is 9.61 Å². The summed E-state index contributed by atoms with van der Waals surface area (Å²) in [7, 11) is 1.57.